The van der Waals surface area contributed by atoms with Gasteiger partial charge in [0.05, 0.1) is 0 Å². The quantitative estimate of drug-likeness (QED) is 0.890. The highest BCUT2D eigenvalue weighted by Crippen LogP contribution is 2.39. The van der Waals surface area contributed by atoms with Gasteiger partial charge in [0.15, 0.2) is 5.78 Å². The van der Waals surface area contributed by atoms with Gasteiger partial charge in [-0.3, -0.25) is 4.79 Å². The summed E-state index contributed by atoms with van der Waals surface area (Å²) < 4.78 is 0. The molecule has 0 fully saturated rings. The molecule has 0 aliphatic heterocycles. The molecule has 0 saturated carbocycles. The molecular weight excluding hydrogens is 236 g/mol. The zero-order valence-corrected chi connectivity index (χ0v) is 10.4. The van der Waals surface area contributed by atoms with Crippen molar-refractivity contribution in [2.75, 3.05) is 0 Å². The maximum atomic E-state index is 11.8. The summed E-state index contributed by atoms with van der Waals surface area (Å²) in [5.41, 5.74) is 2.85. The van der Waals surface area contributed by atoms with Gasteiger partial charge < -0.3 is 5.11 Å². The van der Waals surface area contributed by atoms with E-state index in [1.54, 1.807) is 6.08 Å². The summed E-state index contributed by atoms with van der Waals surface area (Å²) in [4.78, 5) is 11.8. The zero-order chi connectivity index (χ0) is 13.2. The van der Waals surface area contributed by atoms with Crippen LogP contribution in [0.5, 0.6) is 0 Å². The molecule has 3 rings (SSSR count). The second kappa shape index (κ2) is 4.82. The molecule has 0 heterocycles. The van der Waals surface area contributed by atoms with Crippen LogP contribution in [0.1, 0.15) is 17.0 Å². The number of carbonyl (C=O) groups is 1. The number of ketones is 1. The minimum Gasteiger partial charge on any atom is -0.384 e. The van der Waals surface area contributed by atoms with Crippen LogP contribution in [0.4, 0.5) is 0 Å². The van der Waals surface area contributed by atoms with Gasteiger partial charge in [0.25, 0.3) is 0 Å². The molecule has 0 unspecified atom stereocenters. The van der Waals surface area contributed by atoms with E-state index in [2.05, 4.69) is 0 Å². The molecule has 2 heteroatoms. The Labute approximate surface area is 112 Å². The summed E-state index contributed by atoms with van der Waals surface area (Å²) >= 11 is 0. The number of hydrogen-bond acceptors (Lipinski definition) is 2. The van der Waals surface area contributed by atoms with Crippen LogP contribution in [-0.4, -0.2) is 17.0 Å². The normalized spacial score (nSPS) is 22.4. The number of aliphatic hydroxyl groups is 1. The summed E-state index contributed by atoms with van der Waals surface area (Å²) in [6.07, 6.45) is 0.593. The molecule has 0 bridgehead atoms. The Morgan fingerprint density at radius 2 is 1.42 bits per heavy atom. The van der Waals surface area contributed by atoms with Gasteiger partial charge in [-0.1, -0.05) is 60.7 Å². The topological polar surface area (TPSA) is 37.3 Å². The average Bonchev–Trinajstić information content (AvgIpc) is 2.77. The standard InChI is InChI=1S/C17H14O2/c18-15-11-14(12-7-3-1-4-8-12)16(17(15)19)13-9-5-2-6-10-13/h1-11,16-17,19H/t16-,17+/m0/s1. The van der Waals surface area contributed by atoms with E-state index < -0.39 is 6.10 Å². The second-order valence-electron chi connectivity index (χ2n) is 4.70. The minimum atomic E-state index is -0.974. The molecule has 0 radical (unpaired) electrons. The van der Waals surface area contributed by atoms with E-state index in [-0.39, 0.29) is 11.7 Å². The van der Waals surface area contributed by atoms with Crippen LogP contribution >= 0.6 is 0 Å². The SMILES string of the molecule is O=C1C=C(c2ccccc2)[C@H](c2ccccc2)[C@@H]1O. The Morgan fingerprint density at radius 3 is 2.05 bits per heavy atom. The third-order valence-corrected chi connectivity index (χ3v) is 3.51. The van der Waals surface area contributed by atoms with E-state index >= 15 is 0 Å². The van der Waals surface area contributed by atoms with Gasteiger partial charge in [-0.25, -0.2) is 0 Å². The molecule has 1 aliphatic rings. The average molecular weight is 250 g/mol. The largest absolute Gasteiger partial charge is 0.384 e. The van der Waals surface area contributed by atoms with Crippen molar-refractivity contribution < 1.29 is 9.90 Å². The van der Waals surface area contributed by atoms with E-state index in [1.165, 1.54) is 0 Å². The van der Waals surface area contributed by atoms with E-state index in [0.29, 0.717) is 0 Å². The zero-order valence-electron chi connectivity index (χ0n) is 10.4. The van der Waals surface area contributed by atoms with Crippen molar-refractivity contribution in [3.63, 3.8) is 0 Å². The van der Waals surface area contributed by atoms with Gasteiger partial charge in [0, 0.05) is 5.92 Å². The number of rotatable bonds is 2. The third kappa shape index (κ3) is 2.11. The number of aliphatic hydroxyl groups excluding tert-OH is 1. The maximum Gasteiger partial charge on any atom is 0.185 e. The van der Waals surface area contributed by atoms with Crippen molar-refractivity contribution in [2.45, 2.75) is 12.0 Å². The number of benzene rings is 2. The molecule has 0 amide bonds. The van der Waals surface area contributed by atoms with Gasteiger partial charge in [0.2, 0.25) is 0 Å². The lowest BCUT2D eigenvalue weighted by Gasteiger charge is -2.18. The lowest BCUT2D eigenvalue weighted by molar-refractivity contribution is -0.121. The van der Waals surface area contributed by atoms with E-state index in [0.717, 1.165) is 16.7 Å². The first kappa shape index (κ1) is 11.9. The molecule has 2 aromatic rings. The Bertz CT molecular complexity index is 614. The van der Waals surface area contributed by atoms with E-state index in [1.807, 2.05) is 60.7 Å². The fourth-order valence-electron chi connectivity index (χ4n) is 2.58. The van der Waals surface area contributed by atoms with Crippen LogP contribution < -0.4 is 0 Å². The van der Waals surface area contributed by atoms with Crippen molar-refractivity contribution in [2.24, 2.45) is 0 Å². The second-order valence-corrected chi connectivity index (χ2v) is 4.70. The molecule has 0 spiro atoms. The molecule has 0 saturated heterocycles. The summed E-state index contributed by atoms with van der Waals surface area (Å²) in [5, 5.41) is 10.1. The fraction of sp³-hybridized carbons (Fsp3) is 0.118. The Balaban J connectivity index is 2.07. The summed E-state index contributed by atoms with van der Waals surface area (Å²) in [6, 6.07) is 19.4. The molecule has 2 atom stereocenters. The molecule has 94 valence electrons. The van der Waals surface area contributed by atoms with Crippen molar-refractivity contribution in [3.8, 4) is 0 Å². The summed E-state index contributed by atoms with van der Waals surface area (Å²) in [7, 11) is 0. The molecule has 2 aromatic carbocycles. The molecule has 19 heavy (non-hydrogen) atoms. The van der Waals surface area contributed by atoms with Crippen LogP contribution in [0.3, 0.4) is 0 Å². The van der Waals surface area contributed by atoms with Crippen LogP contribution in [0, 0.1) is 0 Å². The smallest absolute Gasteiger partial charge is 0.185 e. The van der Waals surface area contributed by atoms with Crippen molar-refractivity contribution >= 4 is 11.4 Å². The van der Waals surface area contributed by atoms with Crippen LogP contribution in [0.15, 0.2) is 66.7 Å². The molecule has 1 N–H and O–H groups in total. The number of carbonyl (C=O) groups excluding carboxylic acids is 1. The van der Waals surface area contributed by atoms with Crippen LogP contribution in [-0.2, 0) is 4.79 Å². The minimum absolute atomic E-state index is 0.215. The Hall–Kier alpha value is -2.19. The van der Waals surface area contributed by atoms with E-state index in [4.69, 9.17) is 0 Å². The lowest BCUT2D eigenvalue weighted by atomic mass is 9.87. The first-order chi connectivity index (χ1) is 9.27. The van der Waals surface area contributed by atoms with Crippen molar-refractivity contribution in [1.82, 2.24) is 0 Å². The molecular formula is C17H14O2. The van der Waals surface area contributed by atoms with Crippen molar-refractivity contribution in [3.05, 3.63) is 77.9 Å². The molecule has 2 nitrogen and oxygen atoms in total. The maximum absolute atomic E-state index is 11.8. The van der Waals surface area contributed by atoms with Crippen LogP contribution in [0.2, 0.25) is 0 Å². The summed E-state index contributed by atoms with van der Waals surface area (Å²) in [5.74, 6) is -0.483. The highest BCUT2D eigenvalue weighted by atomic mass is 16.3. The summed E-state index contributed by atoms with van der Waals surface area (Å²) in [6.45, 7) is 0. The highest BCUT2D eigenvalue weighted by molar-refractivity contribution is 6.07. The van der Waals surface area contributed by atoms with Gasteiger partial charge in [-0.2, -0.15) is 0 Å². The first-order valence-electron chi connectivity index (χ1n) is 6.31. The monoisotopic (exact) mass is 250 g/mol. The molecule has 0 aromatic heterocycles. The highest BCUT2D eigenvalue weighted by Gasteiger charge is 2.36. The fourth-order valence-corrected chi connectivity index (χ4v) is 2.58. The Kier molecular flexibility index (Phi) is 3.02. The number of hydrogen-bond donors (Lipinski definition) is 1. The molecule has 1 aliphatic carbocycles. The third-order valence-electron chi connectivity index (χ3n) is 3.51. The lowest BCUT2D eigenvalue weighted by Crippen LogP contribution is -2.21. The van der Waals surface area contributed by atoms with Crippen molar-refractivity contribution in [1.29, 1.82) is 0 Å². The van der Waals surface area contributed by atoms with Gasteiger partial charge in [-0.15, -0.1) is 0 Å². The Morgan fingerprint density at radius 1 is 0.842 bits per heavy atom. The van der Waals surface area contributed by atoms with Gasteiger partial charge >= 0.3 is 0 Å². The predicted molar refractivity (Wildman–Crippen MR) is 74.6 cm³/mol. The van der Waals surface area contributed by atoms with Crippen LogP contribution in [0.25, 0.3) is 5.57 Å². The predicted octanol–water partition coefficient (Wildman–Crippen LogP) is 2.80. The first-order valence-corrected chi connectivity index (χ1v) is 6.31. The van der Waals surface area contributed by atoms with Gasteiger partial charge in [-0.05, 0) is 22.8 Å². The van der Waals surface area contributed by atoms with E-state index in [9.17, 15) is 9.90 Å². The van der Waals surface area contributed by atoms with Gasteiger partial charge in [0.1, 0.15) is 6.10 Å².